The summed E-state index contributed by atoms with van der Waals surface area (Å²) >= 11 is 0. The quantitative estimate of drug-likeness (QED) is 0.732. The molecule has 1 amide bonds. The summed E-state index contributed by atoms with van der Waals surface area (Å²) in [6.07, 6.45) is 3.72. The third kappa shape index (κ3) is 2.65. The first kappa shape index (κ1) is 17.0. The Balaban J connectivity index is 1.28. The average Bonchev–Trinajstić information content (AvgIpc) is 3.51. The third-order valence-electron chi connectivity index (χ3n) is 6.96. The summed E-state index contributed by atoms with van der Waals surface area (Å²) in [4.78, 5) is 24.2. The molecule has 148 valence electrons. The van der Waals surface area contributed by atoms with Crippen molar-refractivity contribution in [1.29, 1.82) is 0 Å². The van der Waals surface area contributed by atoms with Crippen LogP contribution >= 0.6 is 0 Å². The number of amides is 1. The molecule has 0 unspecified atom stereocenters. The van der Waals surface area contributed by atoms with E-state index in [0.717, 1.165) is 31.3 Å². The summed E-state index contributed by atoms with van der Waals surface area (Å²) in [5, 5.41) is 4.22. The molecule has 2 aliphatic carbocycles. The van der Waals surface area contributed by atoms with Gasteiger partial charge in [0.1, 0.15) is 17.9 Å². The molecule has 29 heavy (non-hydrogen) atoms. The minimum Gasteiger partial charge on any atom is -0.442 e. The molecule has 6 heteroatoms. The van der Waals surface area contributed by atoms with Crippen LogP contribution in [0.2, 0.25) is 0 Å². The largest absolute Gasteiger partial charge is 0.442 e. The fraction of sp³-hybridized carbons (Fsp3) is 0.435. The number of furan rings is 1. The minimum absolute atomic E-state index is 0.0408. The first-order chi connectivity index (χ1) is 14.0. The number of aromatic nitrogens is 2. The number of carbonyl (C=O) groups excluding carboxylic acids is 1. The Kier molecular flexibility index (Phi) is 3.41. The maximum absolute atomic E-state index is 13.5. The molecule has 1 saturated heterocycles. The highest BCUT2D eigenvalue weighted by atomic mass is 16.3. The number of anilines is 1. The van der Waals surface area contributed by atoms with Crippen molar-refractivity contribution < 1.29 is 9.21 Å². The third-order valence-corrected chi connectivity index (χ3v) is 6.96. The number of piperidine rings is 1. The second-order valence-electron chi connectivity index (χ2n) is 9.10. The molecule has 3 aromatic rings. The lowest BCUT2D eigenvalue weighted by Gasteiger charge is -2.20. The lowest BCUT2D eigenvalue weighted by Crippen LogP contribution is -2.31. The molecule has 1 aliphatic heterocycles. The zero-order valence-electron chi connectivity index (χ0n) is 16.7. The van der Waals surface area contributed by atoms with Crippen LogP contribution in [0.15, 0.2) is 41.1 Å². The highest BCUT2D eigenvalue weighted by Crippen LogP contribution is 2.58. The van der Waals surface area contributed by atoms with Crippen molar-refractivity contribution in [1.82, 2.24) is 14.9 Å². The van der Waals surface area contributed by atoms with Crippen molar-refractivity contribution in [3.05, 3.63) is 53.5 Å². The van der Waals surface area contributed by atoms with Crippen LogP contribution in [-0.4, -0.2) is 39.4 Å². The molecule has 3 heterocycles. The lowest BCUT2D eigenvalue weighted by atomic mass is 10.1. The Morgan fingerprint density at radius 3 is 2.59 bits per heavy atom. The Hall–Kier alpha value is -2.89. The molecule has 0 spiro atoms. The average molecular weight is 388 g/mol. The fourth-order valence-electron chi connectivity index (χ4n) is 5.01. The minimum atomic E-state index is 0.0408. The number of nitrogens with one attached hydrogen (secondary N) is 1. The Morgan fingerprint density at radius 2 is 1.90 bits per heavy atom. The molecule has 3 atom stereocenters. The molecule has 0 radical (unpaired) electrons. The zero-order chi connectivity index (χ0) is 19.8. The topological polar surface area (TPSA) is 71.3 Å². The summed E-state index contributed by atoms with van der Waals surface area (Å²) in [6, 6.07) is 10.7. The van der Waals surface area contributed by atoms with Gasteiger partial charge in [-0.05, 0) is 50.0 Å². The van der Waals surface area contributed by atoms with Crippen LogP contribution in [0.4, 0.5) is 5.82 Å². The van der Waals surface area contributed by atoms with Gasteiger partial charge in [-0.15, -0.1) is 0 Å². The van der Waals surface area contributed by atoms with E-state index in [1.54, 1.807) is 0 Å². The summed E-state index contributed by atoms with van der Waals surface area (Å²) in [5.41, 5.74) is 2.56. The molecule has 3 aliphatic rings. The van der Waals surface area contributed by atoms with E-state index < -0.39 is 0 Å². The maximum atomic E-state index is 13.5. The summed E-state index contributed by atoms with van der Waals surface area (Å²) in [6.45, 7) is 5.64. The van der Waals surface area contributed by atoms with E-state index in [9.17, 15) is 4.79 Å². The molecular weight excluding hydrogens is 364 g/mol. The number of nitrogens with zero attached hydrogens (tertiary/aromatic N) is 3. The predicted octanol–water partition coefficient (Wildman–Crippen LogP) is 3.98. The number of benzene rings is 1. The van der Waals surface area contributed by atoms with Crippen LogP contribution in [0.25, 0.3) is 11.1 Å². The Morgan fingerprint density at radius 1 is 1.17 bits per heavy atom. The van der Waals surface area contributed by atoms with Crippen molar-refractivity contribution in [3.8, 4) is 0 Å². The summed E-state index contributed by atoms with van der Waals surface area (Å²) in [5.74, 6) is 3.10. The maximum Gasteiger partial charge on any atom is 0.258 e. The van der Waals surface area contributed by atoms with E-state index in [1.807, 2.05) is 11.8 Å². The van der Waals surface area contributed by atoms with E-state index in [1.165, 1.54) is 11.9 Å². The molecule has 6 nitrogen and oxygen atoms in total. The van der Waals surface area contributed by atoms with Crippen LogP contribution < -0.4 is 5.32 Å². The van der Waals surface area contributed by atoms with Crippen LogP contribution in [0, 0.1) is 18.8 Å². The Labute approximate surface area is 169 Å². The van der Waals surface area contributed by atoms with Gasteiger partial charge in [-0.1, -0.05) is 30.3 Å². The number of rotatable bonds is 4. The number of likely N-dealkylation sites (tertiary alicyclic amines) is 1. The van der Waals surface area contributed by atoms with Crippen LogP contribution in [0.3, 0.4) is 0 Å². The van der Waals surface area contributed by atoms with Crippen LogP contribution in [0.1, 0.15) is 47.4 Å². The zero-order valence-corrected chi connectivity index (χ0v) is 16.7. The molecule has 0 bridgehead atoms. The van der Waals surface area contributed by atoms with Gasteiger partial charge >= 0.3 is 0 Å². The van der Waals surface area contributed by atoms with Gasteiger partial charge in [0.15, 0.2) is 0 Å². The monoisotopic (exact) mass is 388 g/mol. The SMILES string of the molecule is Cc1oc2ncnc(NC3(C)CC3)c2c1C(=O)N1C[C@@H]2[C@H](C1)[C@@H]2c1ccccc1. The van der Waals surface area contributed by atoms with Crippen molar-refractivity contribution in [2.45, 2.75) is 38.1 Å². The lowest BCUT2D eigenvalue weighted by molar-refractivity contribution is 0.0772. The van der Waals surface area contributed by atoms with E-state index in [-0.39, 0.29) is 11.4 Å². The first-order valence-corrected chi connectivity index (χ1v) is 10.4. The van der Waals surface area contributed by atoms with E-state index in [4.69, 9.17) is 4.42 Å². The van der Waals surface area contributed by atoms with Gasteiger partial charge in [0.05, 0.1) is 10.9 Å². The van der Waals surface area contributed by atoms with Gasteiger partial charge in [-0.3, -0.25) is 4.79 Å². The van der Waals surface area contributed by atoms with Gasteiger partial charge in [0, 0.05) is 18.6 Å². The number of aryl methyl sites for hydroxylation is 1. The van der Waals surface area contributed by atoms with Gasteiger partial charge in [0.25, 0.3) is 5.91 Å². The molecule has 1 N–H and O–H groups in total. The van der Waals surface area contributed by atoms with E-state index in [2.05, 4.69) is 52.5 Å². The summed E-state index contributed by atoms with van der Waals surface area (Å²) < 4.78 is 5.85. The fourth-order valence-corrected chi connectivity index (χ4v) is 5.01. The van der Waals surface area contributed by atoms with E-state index in [0.29, 0.717) is 40.6 Å². The molecule has 3 fully saturated rings. The first-order valence-electron chi connectivity index (χ1n) is 10.4. The summed E-state index contributed by atoms with van der Waals surface area (Å²) in [7, 11) is 0. The molecule has 2 aromatic heterocycles. The second kappa shape index (κ2) is 5.81. The van der Waals surface area contributed by atoms with Crippen molar-refractivity contribution in [3.63, 3.8) is 0 Å². The van der Waals surface area contributed by atoms with Crippen LogP contribution in [-0.2, 0) is 0 Å². The number of fused-ring (bicyclic) bond motifs is 2. The van der Waals surface area contributed by atoms with E-state index >= 15 is 0 Å². The molecule has 2 saturated carbocycles. The standard InChI is InChI=1S/C23H24N4O2/c1-13-17(19-20(26-23(2)8-9-23)24-12-25-21(19)29-13)22(28)27-10-15-16(11-27)18(15)14-6-4-3-5-7-14/h3-7,12,15-16,18H,8-11H2,1-2H3,(H,24,25,26)/t15-,16+,18-. The second-order valence-corrected chi connectivity index (χ2v) is 9.10. The smallest absolute Gasteiger partial charge is 0.258 e. The van der Waals surface area contributed by atoms with Gasteiger partial charge < -0.3 is 14.6 Å². The van der Waals surface area contributed by atoms with Crippen LogP contribution in [0.5, 0.6) is 0 Å². The normalized spacial score (nSPS) is 26.4. The number of hydrogen-bond acceptors (Lipinski definition) is 5. The Bertz CT molecular complexity index is 1110. The molecule has 1 aromatic carbocycles. The van der Waals surface area contributed by atoms with Crippen molar-refractivity contribution in [2.24, 2.45) is 11.8 Å². The number of carbonyl (C=O) groups is 1. The predicted molar refractivity (Wildman–Crippen MR) is 110 cm³/mol. The van der Waals surface area contributed by atoms with Gasteiger partial charge in [0.2, 0.25) is 5.71 Å². The van der Waals surface area contributed by atoms with Crippen molar-refractivity contribution >= 4 is 22.8 Å². The number of hydrogen-bond donors (Lipinski definition) is 1. The van der Waals surface area contributed by atoms with Crippen molar-refractivity contribution in [2.75, 3.05) is 18.4 Å². The highest BCUT2D eigenvalue weighted by Gasteiger charge is 2.57. The highest BCUT2D eigenvalue weighted by molar-refractivity contribution is 6.10. The van der Waals surface area contributed by atoms with Gasteiger partial charge in [-0.25, -0.2) is 9.97 Å². The van der Waals surface area contributed by atoms with Gasteiger partial charge in [-0.2, -0.15) is 0 Å². The molecular formula is C23H24N4O2. The molecule has 6 rings (SSSR count).